The molecule has 0 aliphatic heterocycles. The Labute approximate surface area is 92.7 Å². The molecule has 0 heterocycles. The number of benzene rings is 1. The highest BCUT2D eigenvalue weighted by Gasteiger charge is 2.44. The van der Waals surface area contributed by atoms with Crippen LogP contribution in [0.3, 0.4) is 0 Å². The minimum Gasteiger partial charge on any atom is -0.309 e. The van der Waals surface area contributed by atoms with Gasteiger partial charge in [-0.3, -0.25) is 0 Å². The summed E-state index contributed by atoms with van der Waals surface area (Å²) in [5.74, 6) is -2.76. The molecular formula is C12H14F3N. The molecule has 1 aromatic carbocycles. The number of halogens is 3. The van der Waals surface area contributed by atoms with Gasteiger partial charge in [0.05, 0.1) is 0 Å². The number of hydrogen-bond acceptors (Lipinski definition) is 1. The van der Waals surface area contributed by atoms with E-state index in [1.165, 1.54) is 6.07 Å². The molecular weight excluding hydrogens is 215 g/mol. The van der Waals surface area contributed by atoms with E-state index in [0.29, 0.717) is 12.1 Å². The lowest BCUT2D eigenvalue weighted by atomic mass is 9.88. The zero-order valence-electron chi connectivity index (χ0n) is 9.06. The molecule has 0 amide bonds. The van der Waals surface area contributed by atoms with E-state index in [-0.39, 0.29) is 24.7 Å². The fourth-order valence-corrected chi connectivity index (χ4v) is 1.90. The molecule has 16 heavy (non-hydrogen) atoms. The Bertz CT molecular complexity index is 382. The molecule has 0 bridgehead atoms. The summed E-state index contributed by atoms with van der Waals surface area (Å²) >= 11 is 0. The second kappa shape index (κ2) is 4.09. The third-order valence-corrected chi connectivity index (χ3v) is 3.05. The van der Waals surface area contributed by atoms with Crippen molar-refractivity contribution >= 4 is 0 Å². The molecule has 0 radical (unpaired) electrons. The van der Waals surface area contributed by atoms with E-state index in [9.17, 15) is 13.2 Å². The highest BCUT2D eigenvalue weighted by molar-refractivity contribution is 5.27. The standard InChI is InChI=1S/C12H14F3N/c1-8-9(3-2-4-11(8)13)7-16-10-5-12(14,15)6-10/h2-4,10,16H,5-7H2,1H3. The van der Waals surface area contributed by atoms with Crippen molar-refractivity contribution in [2.45, 2.75) is 38.3 Å². The summed E-state index contributed by atoms with van der Waals surface area (Å²) in [6.07, 6.45) is -0.220. The molecule has 1 aromatic rings. The summed E-state index contributed by atoms with van der Waals surface area (Å²) in [5, 5.41) is 3.01. The summed E-state index contributed by atoms with van der Waals surface area (Å²) in [6.45, 7) is 2.14. The maximum Gasteiger partial charge on any atom is 0.251 e. The average Bonchev–Trinajstić information content (AvgIpc) is 2.17. The molecule has 88 valence electrons. The fourth-order valence-electron chi connectivity index (χ4n) is 1.90. The first-order valence-electron chi connectivity index (χ1n) is 5.33. The van der Waals surface area contributed by atoms with Gasteiger partial charge in [0.25, 0.3) is 5.92 Å². The van der Waals surface area contributed by atoms with Crippen molar-refractivity contribution in [3.05, 3.63) is 35.1 Å². The average molecular weight is 229 g/mol. The normalized spacial score (nSPS) is 19.5. The smallest absolute Gasteiger partial charge is 0.251 e. The molecule has 0 aromatic heterocycles. The minimum atomic E-state index is -2.51. The molecule has 0 saturated heterocycles. The Morgan fingerprint density at radius 2 is 2.06 bits per heavy atom. The summed E-state index contributed by atoms with van der Waals surface area (Å²) in [5.41, 5.74) is 1.41. The van der Waals surface area contributed by atoms with Crippen LogP contribution in [0.1, 0.15) is 24.0 Å². The maximum absolute atomic E-state index is 13.2. The van der Waals surface area contributed by atoms with Crippen molar-refractivity contribution < 1.29 is 13.2 Å². The van der Waals surface area contributed by atoms with Gasteiger partial charge in [0.15, 0.2) is 0 Å². The van der Waals surface area contributed by atoms with Crippen molar-refractivity contribution in [3.63, 3.8) is 0 Å². The first kappa shape index (κ1) is 11.5. The van der Waals surface area contributed by atoms with Crippen LogP contribution in [0, 0.1) is 12.7 Å². The van der Waals surface area contributed by atoms with Gasteiger partial charge in [0.1, 0.15) is 5.82 Å². The topological polar surface area (TPSA) is 12.0 Å². The molecule has 1 N–H and O–H groups in total. The van der Waals surface area contributed by atoms with Crippen LogP contribution < -0.4 is 5.32 Å². The zero-order chi connectivity index (χ0) is 11.8. The van der Waals surface area contributed by atoms with Crippen LogP contribution in [0.15, 0.2) is 18.2 Å². The molecule has 0 spiro atoms. The lowest BCUT2D eigenvalue weighted by Crippen LogP contribution is -2.48. The summed E-state index contributed by atoms with van der Waals surface area (Å²) < 4.78 is 38.3. The molecule has 2 rings (SSSR count). The van der Waals surface area contributed by atoms with Crippen LogP contribution in [0.5, 0.6) is 0 Å². The fraction of sp³-hybridized carbons (Fsp3) is 0.500. The highest BCUT2D eigenvalue weighted by atomic mass is 19.3. The van der Waals surface area contributed by atoms with E-state index < -0.39 is 5.92 Å². The Hall–Kier alpha value is -1.03. The third kappa shape index (κ3) is 2.38. The highest BCUT2D eigenvalue weighted by Crippen LogP contribution is 2.37. The molecule has 4 heteroatoms. The van der Waals surface area contributed by atoms with E-state index in [4.69, 9.17) is 0 Å². The largest absolute Gasteiger partial charge is 0.309 e. The summed E-state index contributed by atoms with van der Waals surface area (Å²) in [7, 11) is 0. The number of alkyl halides is 2. The van der Waals surface area contributed by atoms with Gasteiger partial charge in [-0.05, 0) is 24.1 Å². The summed E-state index contributed by atoms with van der Waals surface area (Å²) in [4.78, 5) is 0. The van der Waals surface area contributed by atoms with E-state index >= 15 is 0 Å². The molecule has 1 nitrogen and oxygen atoms in total. The van der Waals surface area contributed by atoms with Crippen molar-refractivity contribution in [3.8, 4) is 0 Å². The lowest BCUT2D eigenvalue weighted by Gasteiger charge is -2.35. The molecule has 0 atom stereocenters. The SMILES string of the molecule is Cc1c(F)cccc1CNC1CC(F)(F)C1. The van der Waals surface area contributed by atoms with Gasteiger partial charge in [-0.1, -0.05) is 12.1 Å². The Morgan fingerprint density at radius 1 is 1.38 bits per heavy atom. The quantitative estimate of drug-likeness (QED) is 0.840. The molecule has 1 aliphatic rings. The predicted molar refractivity (Wildman–Crippen MR) is 55.9 cm³/mol. The van der Waals surface area contributed by atoms with Crippen LogP contribution in [-0.4, -0.2) is 12.0 Å². The number of hydrogen-bond donors (Lipinski definition) is 1. The summed E-state index contributed by atoms with van der Waals surface area (Å²) in [6, 6.07) is 4.70. The second-order valence-corrected chi connectivity index (χ2v) is 4.37. The number of rotatable bonds is 3. The first-order valence-corrected chi connectivity index (χ1v) is 5.33. The van der Waals surface area contributed by atoms with Crippen LogP contribution in [0.2, 0.25) is 0 Å². The monoisotopic (exact) mass is 229 g/mol. The van der Waals surface area contributed by atoms with Crippen molar-refractivity contribution in [1.82, 2.24) is 5.32 Å². The van der Waals surface area contributed by atoms with Crippen LogP contribution in [0.4, 0.5) is 13.2 Å². The lowest BCUT2D eigenvalue weighted by molar-refractivity contribution is -0.0930. The first-order chi connectivity index (χ1) is 7.48. The third-order valence-electron chi connectivity index (χ3n) is 3.05. The van der Waals surface area contributed by atoms with Crippen molar-refractivity contribution in [2.75, 3.05) is 0 Å². The van der Waals surface area contributed by atoms with Crippen molar-refractivity contribution in [2.24, 2.45) is 0 Å². The van der Waals surface area contributed by atoms with Crippen LogP contribution >= 0.6 is 0 Å². The Morgan fingerprint density at radius 3 is 2.69 bits per heavy atom. The van der Waals surface area contributed by atoms with E-state index in [1.807, 2.05) is 6.07 Å². The minimum absolute atomic E-state index is 0.110. The second-order valence-electron chi connectivity index (χ2n) is 4.37. The number of nitrogens with one attached hydrogen (secondary N) is 1. The van der Waals surface area contributed by atoms with Gasteiger partial charge in [-0.15, -0.1) is 0 Å². The van der Waals surface area contributed by atoms with E-state index in [0.717, 1.165) is 5.56 Å². The Balaban J connectivity index is 1.89. The maximum atomic E-state index is 13.2. The molecule has 1 saturated carbocycles. The van der Waals surface area contributed by atoms with Gasteiger partial charge in [0, 0.05) is 25.4 Å². The van der Waals surface area contributed by atoms with Gasteiger partial charge in [-0.25, -0.2) is 13.2 Å². The molecule has 1 fully saturated rings. The Kier molecular flexibility index (Phi) is 2.93. The van der Waals surface area contributed by atoms with Gasteiger partial charge >= 0.3 is 0 Å². The van der Waals surface area contributed by atoms with E-state index in [2.05, 4.69) is 5.32 Å². The van der Waals surface area contributed by atoms with Crippen LogP contribution in [-0.2, 0) is 6.54 Å². The zero-order valence-corrected chi connectivity index (χ0v) is 9.06. The molecule has 0 unspecified atom stereocenters. The molecule has 1 aliphatic carbocycles. The van der Waals surface area contributed by atoms with Gasteiger partial charge in [0.2, 0.25) is 0 Å². The van der Waals surface area contributed by atoms with Gasteiger partial charge in [-0.2, -0.15) is 0 Å². The van der Waals surface area contributed by atoms with Crippen LogP contribution in [0.25, 0.3) is 0 Å². The van der Waals surface area contributed by atoms with Gasteiger partial charge < -0.3 is 5.32 Å². The van der Waals surface area contributed by atoms with E-state index in [1.54, 1.807) is 13.0 Å². The van der Waals surface area contributed by atoms with Crippen molar-refractivity contribution in [1.29, 1.82) is 0 Å². The predicted octanol–water partition coefficient (Wildman–Crippen LogP) is 3.02.